The second kappa shape index (κ2) is 9.02. The number of hydrogen-bond donors (Lipinski definition) is 1. The summed E-state index contributed by atoms with van der Waals surface area (Å²) in [5.41, 5.74) is 3.49. The number of benzene rings is 2. The van der Waals surface area contributed by atoms with Crippen LogP contribution in [0.1, 0.15) is 32.3 Å². The number of carbonyl (C=O) groups excluding carboxylic acids is 2. The van der Waals surface area contributed by atoms with E-state index >= 15 is 0 Å². The maximum atomic E-state index is 12.8. The summed E-state index contributed by atoms with van der Waals surface area (Å²) in [6, 6.07) is 15.1. The van der Waals surface area contributed by atoms with Crippen molar-refractivity contribution in [1.82, 2.24) is 19.7 Å². The zero-order chi connectivity index (χ0) is 22.9. The molecule has 2 fully saturated rings. The summed E-state index contributed by atoms with van der Waals surface area (Å²) in [6.07, 6.45) is 5.79. The third kappa shape index (κ3) is 4.40. The van der Waals surface area contributed by atoms with Gasteiger partial charge in [-0.05, 0) is 56.5 Å². The molecule has 6 nitrogen and oxygen atoms in total. The monoisotopic (exact) mass is 444 g/mol. The number of aryl methyl sites for hydroxylation is 1. The minimum atomic E-state index is -0.143. The van der Waals surface area contributed by atoms with Crippen LogP contribution >= 0.6 is 0 Å². The molecule has 1 saturated carbocycles. The lowest BCUT2D eigenvalue weighted by Crippen LogP contribution is -2.55. The van der Waals surface area contributed by atoms with Crippen LogP contribution in [0.15, 0.2) is 48.5 Å². The number of amides is 2. The molecule has 2 aliphatic rings. The van der Waals surface area contributed by atoms with Crippen molar-refractivity contribution in [3.05, 3.63) is 54.1 Å². The number of piperazine rings is 1. The highest BCUT2D eigenvalue weighted by molar-refractivity contribution is 6.08. The Bertz CT molecular complexity index is 1220. The van der Waals surface area contributed by atoms with Crippen LogP contribution in [0.25, 0.3) is 27.9 Å². The van der Waals surface area contributed by atoms with Gasteiger partial charge in [-0.25, -0.2) is 0 Å². The Morgan fingerprint density at radius 1 is 1.03 bits per heavy atom. The third-order valence-electron chi connectivity index (χ3n) is 7.01. The quantitative estimate of drug-likeness (QED) is 0.591. The Hall–Kier alpha value is -3.12. The smallest absolute Gasteiger partial charge is 0.246 e. The number of aromatic nitrogens is 1. The molecule has 3 aromatic rings. The van der Waals surface area contributed by atoms with Crippen molar-refractivity contribution in [1.29, 1.82) is 0 Å². The first-order chi connectivity index (χ1) is 16.0. The molecule has 0 bridgehead atoms. The fourth-order valence-electron chi connectivity index (χ4n) is 4.83. The van der Waals surface area contributed by atoms with E-state index in [0.29, 0.717) is 19.1 Å². The van der Waals surface area contributed by atoms with Gasteiger partial charge in [0.2, 0.25) is 11.8 Å². The molecule has 0 radical (unpaired) electrons. The van der Waals surface area contributed by atoms with Crippen LogP contribution < -0.4 is 5.32 Å². The summed E-state index contributed by atoms with van der Waals surface area (Å²) >= 11 is 0. The fourth-order valence-corrected chi connectivity index (χ4v) is 4.83. The molecule has 33 heavy (non-hydrogen) atoms. The second-order valence-electron chi connectivity index (χ2n) is 9.19. The van der Waals surface area contributed by atoms with E-state index in [-0.39, 0.29) is 17.9 Å². The summed E-state index contributed by atoms with van der Waals surface area (Å²) in [5, 5.41) is 5.54. The Kier molecular flexibility index (Phi) is 5.94. The first-order valence-electron chi connectivity index (χ1n) is 12.1. The van der Waals surface area contributed by atoms with Gasteiger partial charge < -0.3 is 14.8 Å². The number of para-hydroxylation sites is 1. The van der Waals surface area contributed by atoms with E-state index in [9.17, 15) is 9.59 Å². The second-order valence-corrected chi connectivity index (χ2v) is 9.19. The molecule has 1 saturated heterocycles. The Labute approximate surface area is 194 Å². The summed E-state index contributed by atoms with van der Waals surface area (Å²) in [5.74, 6) is 0.137. The maximum Gasteiger partial charge on any atom is 0.246 e. The zero-order valence-corrected chi connectivity index (χ0v) is 19.5. The van der Waals surface area contributed by atoms with Gasteiger partial charge in [0.05, 0.1) is 6.04 Å². The maximum absolute atomic E-state index is 12.8. The largest absolute Gasteiger partial charge is 0.352 e. The van der Waals surface area contributed by atoms with Crippen molar-refractivity contribution < 1.29 is 9.59 Å². The summed E-state index contributed by atoms with van der Waals surface area (Å²) in [6.45, 7) is 7.78. The van der Waals surface area contributed by atoms with E-state index in [2.05, 4.69) is 64.2 Å². The fraction of sp³-hybridized carbons (Fsp3) is 0.407. The van der Waals surface area contributed by atoms with Crippen molar-refractivity contribution >= 4 is 39.7 Å². The Morgan fingerprint density at radius 3 is 2.48 bits per heavy atom. The molecule has 5 rings (SSSR count). The van der Waals surface area contributed by atoms with E-state index < -0.39 is 0 Å². The zero-order valence-electron chi connectivity index (χ0n) is 19.5. The molecule has 1 atom stereocenters. The average molecular weight is 445 g/mol. The molecule has 2 amide bonds. The molecule has 172 valence electrons. The van der Waals surface area contributed by atoms with E-state index in [1.807, 2.05) is 17.9 Å². The lowest BCUT2D eigenvalue weighted by Gasteiger charge is -2.37. The first kappa shape index (κ1) is 21.7. The van der Waals surface area contributed by atoms with Crippen LogP contribution in [0.5, 0.6) is 0 Å². The number of hydrogen-bond acceptors (Lipinski definition) is 3. The lowest BCUT2D eigenvalue weighted by molar-refractivity contribution is -0.130. The molecular formula is C27H32N4O2. The number of rotatable bonds is 6. The van der Waals surface area contributed by atoms with Crippen LogP contribution in [0.3, 0.4) is 0 Å². The van der Waals surface area contributed by atoms with Gasteiger partial charge in [-0.3, -0.25) is 14.5 Å². The van der Waals surface area contributed by atoms with Crippen molar-refractivity contribution in [3.63, 3.8) is 0 Å². The van der Waals surface area contributed by atoms with Gasteiger partial charge in [-0.15, -0.1) is 0 Å². The van der Waals surface area contributed by atoms with E-state index in [0.717, 1.165) is 38.0 Å². The van der Waals surface area contributed by atoms with Crippen molar-refractivity contribution in [3.8, 4) is 0 Å². The molecule has 1 unspecified atom stereocenters. The van der Waals surface area contributed by atoms with Gasteiger partial charge in [-0.2, -0.15) is 0 Å². The molecule has 1 N–H and O–H groups in total. The summed E-state index contributed by atoms with van der Waals surface area (Å²) < 4.78 is 2.33. The van der Waals surface area contributed by atoms with Crippen LogP contribution in [-0.2, 0) is 16.1 Å². The average Bonchev–Trinajstić information content (AvgIpc) is 3.61. The Morgan fingerprint density at radius 2 is 1.76 bits per heavy atom. The van der Waals surface area contributed by atoms with Gasteiger partial charge in [0.1, 0.15) is 0 Å². The number of carbonyl (C=O) groups is 2. The van der Waals surface area contributed by atoms with Crippen molar-refractivity contribution in [2.24, 2.45) is 0 Å². The first-order valence-corrected chi connectivity index (χ1v) is 12.1. The summed E-state index contributed by atoms with van der Waals surface area (Å²) in [7, 11) is 0. The normalized spacial score (nSPS) is 18.3. The SMILES string of the molecule is CCn1c2ccccc2c2cc(/C=C/C(=O)N3CCN(C(C)C(=O)NC4CC4)CC3)ccc21. The molecule has 1 aliphatic heterocycles. The highest BCUT2D eigenvalue weighted by atomic mass is 16.2. The lowest BCUT2D eigenvalue weighted by atomic mass is 10.1. The molecule has 1 aliphatic carbocycles. The molecule has 2 heterocycles. The minimum absolute atomic E-state index is 0.0285. The van der Waals surface area contributed by atoms with Gasteiger partial charge in [-0.1, -0.05) is 24.3 Å². The highest BCUT2D eigenvalue weighted by Gasteiger charge is 2.30. The van der Waals surface area contributed by atoms with Crippen LogP contribution in [0.4, 0.5) is 0 Å². The number of nitrogens with one attached hydrogen (secondary N) is 1. The van der Waals surface area contributed by atoms with Crippen LogP contribution in [0, 0.1) is 0 Å². The summed E-state index contributed by atoms with van der Waals surface area (Å²) in [4.78, 5) is 29.2. The van der Waals surface area contributed by atoms with Gasteiger partial charge >= 0.3 is 0 Å². The molecule has 1 aromatic heterocycles. The van der Waals surface area contributed by atoms with Crippen molar-refractivity contribution in [2.45, 2.75) is 45.3 Å². The van der Waals surface area contributed by atoms with Crippen LogP contribution in [0.2, 0.25) is 0 Å². The van der Waals surface area contributed by atoms with Gasteiger partial charge in [0.15, 0.2) is 0 Å². The van der Waals surface area contributed by atoms with E-state index in [1.165, 1.54) is 21.8 Å². The molecule has 0 spiro atoms. The minimum Gasteiger partial charge on any atom is -0.352 e. The van der Waals surface area contributed by atoms with Gasteiger partial charge in [0, 0.05) is 66.6 Å². The highest BCUT2D eigenvalue weighted by Crippen LogP contribution is 2.30. The van der Waals surface area contributed by atoms with Crippen molar-refractivity contribution in [2.75, 3.05) is 26.2 Å². The topological polar surface area (TPSA) is 57.6 Å². The standard InChI is InChI=1S/C27H32N4O2/c1-3-31-24-7-5-4-6-22(24)23-18-20(8-12-25(23)31)9-13-26(32)30-16-14-29(15-17-30)19(2)27(33)28-21-10-11-21/h4-9,12-13,18-19,21H,3,10-11,14-17H2,1-2H3,(H,28,33)/b13-9+. The molecular weight excluding hydrogens is 412 g/mol. The van der Waals surface area contributed by atoms with E-state index in [1.54, 1.807) is 6.08 Å². The predicted octanol–water partition coefficient (Wildman–Crippen LogP) is 3.64. The van der Waals surface area contributed by atoms with Crippen LogP contribution in [-0.4, -0.2) is 64.4 Å². The van der Waals surface area contributed by atoms with Gasteiger partial charge in [0.25, 0.3) is 0 Å². The number of nitrogens with zero attached hydrogens (tertiary/aromatic N) is 3. The predicted molar refractivity (Wildman–Crippen MR) is 133 cm³/mol. The third-order valence-corrected chi connectivity index (χ3v) is 7.01. The molecule has 6 heteroatoms. The number of fused-ring (bicyclic) bond motifs is 3. The Balaban J connectivity index is 1.24. The molecule has 2 aromatic carbocycles. The van der Waals surface area contributed by atoms with E-state index in [4.69, 9.17) is 0 Å².